The van der Waals surface area contributed by atoms with E-state index in [1.54, 1.807) is 0 Å². The molecule has 0 amide bonds. The van der Waals surface area contributed by atoms with Gasteiger partial charge in [0.05, 0.1) is 27.8 Å². The van der Waals surface area contributed by atoms with Gasteiger partial charge in [0.2, 0.25) is 0 Å². The fourth-order valence-electron chi connectivity index (χ4n) is 10.4. The lowest BCUT2D eigenvalue weighted by Crippen LogP contribution is -2.10. The van der Waals surface area contributed by atoms with Gasteiger partial charge >= 0.3 is 0 Å². The first-order chi connectivity index (χ1) is 33.2. The van der Waals surface area contributed by atoms with Crippen molar-refractivity contribution in [2.24, 2.45) is 0 Å². The highest BCUT2D eigenvalue weighted by Crippen LogP contribution is 2.42. The molecule has 13 aromatic rings. The zero-order chi connectivity index (χ0) is 44.3. The molecule has 0 saturated carbocycles. The van der Waals surface area contributed by atoms with E-state index < -0.39 is 0 Å². The summed E-state index contributed by atoms with van der Waals surface area (Å²) in [6, 6.07) is 95.0. The molecule has 0 unspecified atom stereocenters. The molecular weight excluding hydrogens is 811 g/mol. The van der Waals surface area contributed by atoms with Crippen LogP contribution in [0.2, 0.25) is 0 Å². The van der Waals surface area contributed by atoms with Crippen LogP contribution in [0, 0.1) is 0 Å². The summed E-state index contributed by atoms with van der Waals surface area (Å²) in [5, 5.41) is 7.39. The Morgan fingerprint density at radius 3 is 1.36 bits per heavy atom. The van der Waals surface area contributed by atoms with E-state index in [9.17, 15) is 0 Å². The predicted octanol–water partition coefficient (Wildman–Crippen LogP) is 17.5. The molecule has 0 spiro atoms. The van der Waals surface area contributed by atoms with Gasteiger partial charge in [-0.3, -0.25) is 0 Å². The molecule has 67 heavy (non-hydrogen) atoms. The zero-order valence-electron chi connectivity index (χ0n) is 36.7. The van der Waals surface area contributed by atoms with Gasteiger partial charge in [-0.05, 0) is 142 Å². The highest BCUT2D eigenvalue weighted by molar-refractivity contribution is 6.12. The maximum Gasteiger partial charge on any atom is 0.0547 e. The molecule has 0 radical (unpaired) electrons. The Hall–Kier alpha value is -8.92. The Bertz CT molecular complexity index is 3950. The number of aromatic nitrogens is 2. The molecule has 3 nitrogen and oxygen atoms in total. The van der Waals surface area contributed by atoms with E-state index in [1.807, 2.05) is 0 Å². The highest BCUT2D eigenvalue weighted by Gasteiger charge is 2.19. The number of rotatable bonds is 8. The van der Waals surface area contributed by atoms with Crippen LogP contribution in [-0.2, 0) is 0 Å². The number of anilines is 3. The molecule has 0 aliphatic rings. The molecule has 0 atom stereocenters. The minimum absolute atomic E-state index is 1.10. The van der Waals surface area contributed by atoms with Gasteiger partial charge in [0.15, 0.2) is 0 Å². The van der Waals surface area contributed by atoms with Crippen molar-refractivity contribution >= 4 is 71.4 Å². The minimum Gasteiger partial charge on any atom is -0.310 e. The summed E-state index contributed by atoms with van der Waals surface area (Å²) in [6.45, 7) is 0. The number of hydrogen-bond acceptors (Lipinski definition) is 1. The average Bonchev–Trinajstić information content (AvgIpc) is 3.92. The van der Waals surface area contributed by atoms with Crippen molar-refractivity contribution in [2.75, 3.05) is 4.90 Å². The zero-order valence-corrected chi connectivity index (χ0v) is 36.7. The first-order valence-electron chi connectivity index (χ1n) is 23.0. The van der Waals surface area contributed by atoms with Crippen molar-refractivity contribution in [2.45, 2.75) is 0 Å². The lowest BCUT2D eigenvalue weighted by molar-refractivity contribution is 1.18. The first-order valence-corrected chi connectivity index (χ1v) is 23.0. The van der Waals surface area contributed by atoms with Crippen LogP contribution in [0.25, 0.3) is 99.1 Å². The molecule has 3 heteroatoms. The Labute approximate surface area is 389 Å². The normalized spacial score (nSPS) is 11.6. The third-order valence-corrected chi connectivity index (χ3v) is 13.5. The predicted molar refractivity (Wildman–Crippen MR) is 284 cm³/mol. The number of para-hydroxylation sites is 5. The molecule has 11 aromatic carbocycles. The van der Waals surface area contributed by atoms with E-state index in [0.29, 0.717) is 0 Å². The van der Waals surface area contributed by atoms with Crippen molar-refractivity contribution < 1.29 is 0 Å². The van der Waals surface area contributed by atoms with Crippen LogP contribution in [0.15, 0.2) is 261 Å². The molecule has 0 aliphatic heterocycles. The molecule has 0 aliphatic carbocycles. The van der Waals surface area contributed by atoms with Crippen LogP contribution < -0.4 is 4.90 Å². The van der Waals surface area contributed by atoms with Crippen LogP contribution in [0.5, 0.6) is 0 Å². The average molecular weight is 854 g/mol. The van der Waals surface area contributed by atoms with Crippen LogP contribution in [0.3, 0.4) is 0 Å². The van der Waals surface area contributed by atoms with E-state index in [2.05, 4.69) is 275 Å². The minimum atomic E-state index is 1.10. The summed E-state index contributed by atoms with van der Waals surface area (Å²) in [4.78, 5) is 2.37. The highest BCUT2D eigenvalue weighted by atomic mass is 15.1. The molecule has 2 aromatic heterocycles. The summed E-state index contributed by atoms with van der Waals surface area (Å²) in [6.07, 6.45) is 0. The van der Waals surface area contributed by atoms with Gasteiger partial charge < -0.3 is 14.0 Å². The summed E-state index contributed by atoms with van der Waals surface area (Å²) >= 11 is 0. The van der Waals surface area contributed by atoms with Gasteiger partial charge in [-0.2, -0.15) is 0 Å². The summed E-state index contributed by atoms with van der Waals surface area (Å²) < 4.78 is 4.79. The largest absolute Gasteiger partial charge is 0.310 e. The van der Waals surface area contributed by atoms with Gasteiger partial charge in [0, 0.05) is 49.7 Å². The third-order valence-electron chi connectivity index (χ3n) is 13.5. The van der Waals surface area contributed by atoms with Crippen molar-refractivity contribution in [3.05, 3.63) is 261 Å². The van der Waals surface area contributed by atoms with E-state index in [4.69, 9.17) is 0 Å². The standard InChI is InChI=1S/C64H43N3/c1-4-19-51(20-5-1)65(60-30-16-18-45-17-10-11-25-55(45)60)54-35-31-44(32-36-54)48-39-49(46-34-38-63-59(42-46)57-27-13-15-29-62(57)66(63)52-21-6-2-7-22-52)41-50(40-48)47-33-37-58-56-26-12-14-28-61(56)67(64(58)43-47)53-23-8-3-9-24-53/h1-43H. The van der Waals surface area contributed by atoms with E-state index in [0.717, 1.165) is 45.1 Å². The second-order valence-corrected chi connectivity index (χ2v) is 17.4. The molecule has 0 saturated heterocycles. The molecule has 314 valence electrons. The smallest absolute Gasteiger partial charge is 0.0547 e. The lowest BCUT2D eigenvalue weighted by Gasteiger charge is -2.27. The fraction of sp³-hybridized carbons (Fsp3) is 0. The lowest BCUT2D eigenvalue weighted by atomic mass is 9.92. The number of hydrogen-bond donors (Lipinski definition) is 0. The van der Waals surface area contributed by atoms with Gasteiger partial charge in [-0.1, -0.05) is 158 Å². The van der Waals surface area contributed by atoms with Crippen LogP contribution in [0.1, 0.15) is 0 Å². The Balaban J connectivity index is 0.997. The SMILES string of the molecule is c1ccc(N(c2ccc(-c3cc(-c4ccc5c(c4)c4ccccc4n5-c4ccccc4)cc(-c4ccc5c6ccccc6n(-c6ccccc6)c5c4)c3)cc2)c2cccc3ccccc23)cc1. The van der Waals surface area contributed by atoms with Crippen molar-refractivity contribution in [3.63, 3.8) is 0 Å². The Kier molecular flexibility index (Phi) is 9.17. The molecular formula is C64H43N3. The van der Waals surface area contributed by atoms with Crippen molar-refractivity contribution in [3.8, 4) is 44.8 Å². The molecule has 2 heterocycles. The molecule has 0 fully saturated rings. The first kappa shape index (κ1) is 38.5. The third kappa shape index (κ3) is 6.59. The van der Waals surface area contributed by atoms with E-state index >= 15 is 0 Å². The number of fused-ring (bicyclic) bond motifs is 7. The van der Waals surface area contributed by atoms with Crippen LogP contribution in [-0.4, -0.2) is 9.13 Å². The topological polar surface area (TPSA) is 13.1 Å². The number of nitrogens with zero attached hydrogens (tertiary/aromatic N) is 3. The number of benzene rings is 11. The van der Waals surface area contributed by atoms with Gasteiger partial charge in [-0.25, -0.2) is 0 Å². The van der Waals surface area contributed by atoms with Crippen molar-refractivity contribution in [1.82, 2.24) is 9.13 Å². The molecule has 0 bridgehead atoms. The van der Waals surface area contributed by atoms with Gasteiger partial charge in [0.25, 0.3) is 0 Å². The van der Waals surface area contributed by atoms with Gasteiger partial charge in [-0.15, -0.1) is 0 Å². The monoisotopic (exact) mass is 853 g/mol. The summed E-state index contributed by atoms with van der Waals surface area (Å²) in [5.41, 5.74) is 17.4. The Morgan fingerprint density at radius 2 is 0.687 bits per heavy atom. The maximum absolute atomic E-state index is 2.41. The van der Waals surface area contributed by atoms with Crippen LogP contribution >= 0.6 is 0 Å². The summed E-state index contributed by atoms with van der Waals surface area (Å²) in [5.74, 6) is 0. The molecule has 0 N–H and O–H groups in total. The van der Waals surface area contributed by atoms with Crippen molar-refractivity contribution in [1.29, 1.82) is 0 Å². The second-order valence-electron chi connectivity index (χ2n) is 17.4. The quantitative estimate of drug-likeness (QED) is 0.148. The van der Waals surface area contributed by atoms with E-state index in [-0.39, 0.29) is 0 Å². The molecule has 13 rings (SSSR count). The fourth-order valence-corrected chi connectivity index (χ4v) is 10.4. The maximum atomic E-state index is 2.41. The van der Waals surface area contributed by atoms with Crippen LogP contribution in [0.4, 0.5) is 17.1 Å². The summed E-state index contributed by atoms with van der Waals surface area (Å²) in [7, 11) is 0. The second kappa shape index (κ2) is 16.0. The van der Waals surface area contributed by atoms with Gasteiger partial charge in [0.1, 0.15) is 0 Å². The van der Waals surface area contributed by atoms with E-state index in [1.165, 1.54) is 71.1 Å². The Morgan fingerprint density at radius 1 is 0.239 bits per heavy atom.